The molecule has 0 aliphatic carbocycles. The largest absolute Gasteiger partial charge is 0.490 e. The van der Waals surface area contributed by atoms with Gasteiger partial charge in [0, 0.05) is 5.56 Å². The van der Waals surface area contributed by atoms with E-state index in [1.54, 1.807) is 0 Å². The molecule has 2 rings (SSSR count). The lowest BCUT2D eigenvalue weighted by Crippen LogP contribution is -2.33. The highest BCUT2D eigenvalue weighted by molar-refractivity contribution is 9.10. The lowest BCUT2D eigenvalue weighted by Gasteiger charge is -2.18. The molecule has 1 amide bonds. The summed E-state index contributed by atoms with van der Waals surface area (Å²) in [5.41, 5.74) is 0.750. The van der Waals surface area contributed by atoms with Gasteiger partial charge in [0.15, 0.2) is 0 Å². The quantitative estimate of drug-likeness (QED) is 0.843. The molecule has 0 spiro atoms. The second-order valence-corrected chi connectivity index (χ2v) is 5.24. The number of carbonyl (C=O) groups is 2. The van der Waals surface area contributed by atoms with E-state index < -0.39 is 12.1 Å². The first-order chi connectivity index (χ1) is 10.0. The lowest BCUT2D eigenvalue weighted by molar-refractivity contribution is 0.0696. The molecular formula is C14H14BrNO5. The fourth-order valence-electron chi connectivity index (χ4n) is 1.97. The average molecular weight is 356 g/mol. The molecule has 0 radical (unpaired) electrons. The van der Waals surface area contributed by atoms with Gasteiger partial charge < -0.3 is 19.5 Å². The minimum Gasteiger partial charge on any atom is -0.490 e. The Bertz CT molecular complexity index is 587. The fourth-order valence-corrected chi connectivity index (χ4v) is 2.59. The molecular weight excluding hydrogens is 342 g/mol. The van der Waals surface area contributed by atoms with Crippen molar-refractivity contribution in [3.05, 3.63) is 40.4 Å². The lowest BCUT2D eigenvalue weighted by atomic mass is 10.1. The highest BCUT2D eigenvalue weighted by Crippen LogP contribution is 2.33. The van der Waals surface area contributed by atoms with Gasteiger partial charge in [-0.2, -0.15) is 0 Å². The van der Waals surface area contributed by atoms with Crippen molar-refractivity contribution >= 4 is 28.0 Å². The minimum absolute atomic E-state index is 0.127. The third-order valence-electron chi connectivity index (χ3n) is 2.92. The van der Waals surface area contributed by atoms with E-state index in [2.05, 4.69) is 22.5 Å². The summed E-state index contributed by atoms with van der Waals surface area (Å²) in [6.45, 7) is 4.50. The van der Waals surface area contributed by atoms with Crippen LogP contribution in [0.1, 0.15) is 15.9 Å². The molecule has 0 bridgehead atoms. The Morgan fingerprint density at radius 2 is 2.29 bits per heavy atom. The van der Waals surface area contributed by atoms with Crippen molar-refractivity contribution in [1.82, 2.24) is 4.90 Å². The minimum atomic E-state index is -1.04. The summed E-state index contributed by atoms with van der Waals surface area (Å²) in [6, 6.07) is 2.98. The smallest absolute Gasteiger partial charge is 0.410 e. The number of nitrogens with zero attached hydrogens (tertiary/aromatic N) is 1. The van der Waals surface area contributed by atoms with Gasteiger partial charge in [0.05, 0.1) is 23.1 Å². The summed E-state index contributed by atoms with van der Waals surface area (Å²) >= 11 is 3.30. The highest BCUT2D eigenvalue weighted by atomic mass is 79.9. The molecule has 1 aliphatic heterocycles. The van der Waals surface area contributed by atoms with Gasteiger partial charge in [-0.15, -0.1) is 0 Å². The highest BCUT2D eigenvalue weighted by Gasteiger charge is 2.23. The zero-order valence-electron chi connectivity index (χ0n) is 11.2. The van der Waals surface area contributed by atoms with Crippen LogP contribution in [-0.4, -0.2) is 41.8 Å². The van der Waals surface area contributed by atoms with E-state index in [1.807, 2.05) is 0 Å². The topological polar surface area (TPSA) is 76.1 Å². The van der Waals surface area contributed by atoms with E-state index in [0.717, 1.165) is 0 Å². The molecule has 1 aromatic carbocycles. The zero-order chi connectivity index (χ0) is 15.4. The van der Waals surface area contributed by atoms with Gasteiger partial charge in [-0.3, -0.25) is 0 Å². The number of fused-ring (bicyclic) bond motifs is 1. The van der Waals surface area contributed by atoms with Crippen LogP contribution in [0.4, 0.5) is 4.79 Å². The van der Waals surface area contributed by atoms with Crippen molar-refractivity contribution in [2.75, 3.05) is 19.8 Å². The number of hydrogen-bond donors (Lipinski definition) is 1. The molecule has 0 unspecified atom stereocenters. The Labute approximate surface area is 130 Å². The summed E-state index contributed by atoms with van der Waals surface area (Å²) in [5, 5.41) is 9.09. The predicted octanol–water partition coefficient (Wildman–Crippen LogP) is 2.66. The van der Waals surface area contributed by atoms with Crippen molar-refractivity contribution in [3.8, 4) is 5.75 Å². The Morgan fingerprint density at radius 1 is 1.52 bits per heavy atom. The summed E-state index contributed by atoms with van der Waals surface area (Å²) in [7, 11) is 0. The van der Waals surface area contributed by atoms with Crippen LogP contribution in [0, 0.1) is 0 Å². The van der Waals surface area contributed by atoms with E-state index in [0.29, 0.717) is 28.9 Å². The first kappa shape index (κ1) is 15.4. The zero-order valence-corrected chi connectivity index (χ0v) is 12.8. The van der Waals surface area contributed by atoms with Gasteiger partial charge in [-0.1, -0.05) is 12.7 Å². The van der Waals surface area contributed by atoms with Gasteiger partial charge >= 0.3 is 12.1 Å². The van der Waals surface area contributed by atoms with Gasteiger partial charge in [0.25, 0.3) is 0 Å². The van der Waals surface area contributed by atoms with Crippen LogP contribution >= 0.6 is 15.9 Å². The molecule has 1 N–H and O–H groups in total. The number of carboxylic acid groups (broad SMARTS) is 1. The predicted molar refractivity (Wildman–Crippen MR) is 78.6 cm³/mol. The van der Waals surface area contributed by atoms with Gasteiger partial charge in [-0.05, 0) is 28.1 Å². The number of hydrogen-bond acceptors (Lipinski definition) is 4. The number of ether oxygens (including phenoxy) is 2. The van der Waals surface area contributed by atoms with Crippen LogP contribution in [-0.2, 0) is 11.3 Å². The van der Waals surface area contributed by atoms with E-state index in [4.69, 9.17) is 14.6 Å². The van der Waals surface area contributed by atoms with Crippen LogP contribution in [0.2, 0.25) is 0 Å². The second kappa shape index (κ2) is 6.62. The van der Waals surface area contributed by atoms with Gasteiger partial charge in [-0.25, -0.2) is 9.59 Å². The molecule has 6 nitrogen and oxygen atoms in total. The summed E-state index contributed by atoms with van der Waals surface area (Å²) in [4.78, 5) is 24.5. The Balaban J connectivity index is 2.27. The third kappa shape index (κ3) is 3.55. The first-order valence-electron chi connectivity index (χ1n) is 6.24. The fraction of sp³-hybridized carbons (Fsp3) is 0.286. The Morgan fingerprint density at radius 3 is 2.95 bits per heavy atom. The molecule has 112 valence electrons. The normalized spacial score (nSPS) is 13.7. The van der Waals surface area contributed by atoms with Crippen molar-refractivity contribution in [2.24, 2.45) is 0 Å². The molecule has 0 atom stereocenters. The number of carbonyl (C=O) groups excluding carboxylic acids is 1. The third-order valence-corrected chi connectivity index (χ3v) is 3.51. The first-order valence-corrected chi connectivity index (χ1v) is 7.03. The Kier molecular flexibility index (Phi) is 4.85. The summed E-state index contributed by atoms with van der Waals surface area (Å²) in [6.07, 6.45) is 1.00. The number of aromatic carboxylic acids is 1. The van der Waals surface area contributed by atoms with Crippen LogP contribution in [0.15, 0.2) is 29.3 Å². The van der Waals surface area contributed by atoms with Crippen LogP contribution in [0.25, 0.3) is 0 Å². The standard InChI is InChI=1S/C14H14BrNO5/c1-2-4-21-14(19)16-3-5-20-12-10(8-16)6-9(13(17)18)7-11(12)15/h2,6-7H,1,3-5,8H2,(H,17,18). The van der Waals surface area contributed by atoms with Gasteiger partial charge in [0.1, 0.15) is 19.0 Å². The van der Waals surface area contributed by atoms with E-state index in [-0.39, 0.29) is 18.7 Å². The van der Waals surface area contributed by atoms with E-state index in [1.165, 1.54) is 23.1 Å². The number of halogens is 1. The van der Waals surface area contributed by atoms with Crippen molar-refractivity contribution in [2.45, 2.75) is 6.54 Å². The van der Waals surface area contributed by atoms with Crippen LogP contribution in [0.3, 0.4) is 0 Å². The molecule has 1 heterocycles. The summed E-state index contributed by atoms with van der Waals surface area (Å²) in [5.74, 6) is -0.484. The number of amides is 1. The average Bonchev–Trinajstić information content (AvgIpc) is 2.67. The number of rotatable bonds is 3. The molecule has 21 heavy (non-hydrogen) atoms. The van der Waals surface area contributed by atoms with Gasteiger partial charge in [0.2, 0.25) is 0 Å². The van der Waals surface area contributed by atoms with Crippen molar-refractivity contribution in [3.63, 3.8) is 0 Å². The number of carboxylic acids is 1. The molecule has 1 aliphatic rings. The summed E-state index contributed by atoms with van der Waals surface area (Å²) < 4.78 is 11.1. The van der Waals surface area contributed by atoms with Crippen molar-refractivity contribution < 1.29 is 24.2 Å². The SMILES string of the molecule is C=CCOC(=O)N1CCOc2c(Br)cc(C(=O)O)cc2C1. The maximum atomic E-state index is 11.9. The molecule has 0 fully saturated rings. The monoisotopic (exact) mass is 355 g/mol. The maximum absolute atomic E-state index is 11.9. The second-order valence-electron chi connectivity index (χ2n) is 4.39. The van der Waals surface area contributed by atoms with Crippen LogP contribution < -0.4 is 4.74 Å². The molecule has 0 aromatic heterocycles. The van der Waals surface area contributed by atoms with E-state index >= 15 is 0 Å². The molecule has 0 saturated heterocycles. The molecule has 1 aromatic rings. The molecule has 0 saturated carbocycles. The van der Waals surface area contributed by atoms with Crippen LogP contribution in [0.5, 0.6) is 5.75 Å². The molecule has 7 heteroatoms. The van der Waals surface area contributed by atoms with E-state index in [9.17, 15) is 9.59 Å². The van der Waals surface area contributed by atoms with Crippen molar-refractivity contribution in [1.29, 1.82) is 0 Å². The Hall–Kier alpha value is -2.02. The maximum Gasteiger partial charge on any atom is 0.410 e. The number of benzene rings is 1.